The summed E-state index contributed by atoms with van der Waals surface area (Å²) in [4.78, 5) is 24.7. The van der Waals surface area contributed by atoms with Crippen molar-refractivity contribution in [2.75, 3.05) is 11.9 Å². The van der Waals surface area contributed by atoms with E-state index in [0.29, 0.717) is 50.6 Å². The maximum absolute atomic E-state index is 13.0. The molecular weight excluding hydrogens is 437 g/mol. The van der Waals surface area contributed by atoms with E-state index in [0.717, 1.165) is 31.6 Å². The van der Waals surface area contributed by atoms with Crippen LogP contribution in [0.5, 0.6) is 5.75 Å². The Hall–Kier alpha value is -2.51. The third-order valence-electron chi connectivity index (χ3n) is 5.58. The van der Waals surface area contributed by atoms with E-state index in [1.807, 2.05) is 6.92 Å². The first-order valence-electron chi connectivity index (χ1n) is 10.5. The van der Waals surface area contributed by atoms with Crippen LogP contribution in [0.4, 0.5) is 11.6 Å². The normalized spacial score (nSPS) is 18.7. The van der Waals surface area contributed by atoms with Gasteiger partial charge in [-0.15, -0.1) is 0 Å². The molecule has 1 saturated carbocycles. The number of rotatable bonds is 6. The second kappa shape index (κ2) is 9.32. The molecule has 31 heavy (non-hydrogen) atoms. The summed E-state index contributed by atoms with van der Waals surface area (Å²) in [5, 5.41) is 7.02. The van der Waals surface area contributed by atoms with Gasteiger partial charge in [-0.2, -0.15) is 0 Å². The average molecular weight is 462 g/mol. The number of aromatic nitrogens is 3. The number of amides is 1. The number of carbonyl (C=O) groups is 1. The second-order valence-corrected chi connectivity index (χ2v) is 8.73. The topological polar surface area (TPSA) is 91.9 Å². The van der Waals surface area contributed by atoms with Crippen LogP contribution in [-0.2, 0) is 0 Å². The van der Waals surface area contributed by atoms with Crippen LogP contribution in [0.3, 0.4) is 0 Å². The number of fused-ring (bicyclic) bond motifs is 1. The van der Waals surface area contributed by atoms with Crippen LogP contribution in [0.2, 0.25) is 10.0 Å². The quantitative estimate of drug-likeness (QED) is 0.436. The maximum atomic E-state index is 13.0. The Bertz CT molecular complexity index is 1070. The lowest BCUT2D eigenvalue weighted by molar-refractivity contribution is 0.0919. The Labute approximate surface area is 190 Å². The molecule has 0 radical (unpaired) electrons. The first-order chi connectivity index (χ1) is 14.9. The molecule has 0 aliphatic heterocycles. The monoisotopic (exact) mass is 461 g/mol. The van der Waals surface area contributed by atoms with Gasteiger partial charge in [-0.3, -0.25) is 9.78 Å². The van der Waals surface area contributed by atoms with Crippen molar-refractivity contribution in [3.63, 3.8) is 0 Å². The summed E-state index contributed by atoms with van der Waals surface area (Å²) in [6.45, 7) is 4.60. The minimum atomic E-state index is -0.130. The van der Waals surface area contributed by atoms with Gasteiger partial charge in [0.05, 0.1) is 38.9 Å². The number of carbonyl (C=O) groups excluding carboxylic acids is 1. The molecule has 164 valence electrons. The van der Waals surface area contributed by atoms with Gasteiger partial charge in [0.1, 0.15) is 5.75 Å². The average Bonchev–Trinajstić information content (AvgIpc) is 3.13. The van der Waals surface area contributed by atoms with Gasteiger partial charge in [-0.1, -0.05) is 30.1 Å². The van der Waals surface area contributed by atoms with E-state index in [4.69, 9.17) is 27.9 Å². The lowest BCUT2D eigenvalue weighted by Gasteiger charge is -2.27. The van der Waals surface area contributed by atoms with Gasteiger partial charge in [-0.25, -0.2) is 4.98 Å². The maximum Gasteiger partial charge on any atom is 0.255 e. The van der Waals surface area contributed by atoms with Gasteiger partial charge in [-0.05, 0) is 44.6 Å². The number of hydrogen-bond acceptors (Lipinski definition) is 5. The van der Waals surface area contributed by atoms with Crippen molar-refractivity contribution in [3.8, 4) is 5.75 Å². The minimum Gasteiger partial charge on any atom is -0.493 e. The molecule has 1 aliphatic carbocycles. The van der Waals surface area contributed by atoms with E-state index in [2.05, 4.69) is 32.5 Å². The standard InChI is InChI=1S/C22H25Cl2N5O2/c1-3-31-19-9-18-17(8-14(19)21(30)26-13-6-4-12(2)5-7-13)27-22(28-18)29-20-15(23)10-25-11-16(20)24/h8-13H,3-7H2,1-2H3,(H,26,30)(H2,25,27,28,29). The highest BCUT2D eigenvalue weighted by Crippen LogP contribution is 2.33. The highest BCUT2D eigenvalue weighted by Gasteiger charge is 2.23. The zero-order valence-electron chi connectivity index (χ0n) is 17.5. The number of benzene rings is 1. The van der Waals surface area contributed by atoms with Crippen molar-refractivity contribution >= 4 is 51.8 Å². The number of aromatic amines is 1. The van der Waals surface area contributed by atoms with Crippen molar-refractivity contribution in [3.05, 3.63) is 40.1 Å². The Kier molecular flexibility index (Phi) is 6.53. The number of anilines is 2. The number of nitrogens with zero attached hydrogens (tertiary/aromatic N) is 2. The molecule has 2 aromatic heterocycles. The largest absolute Gasteiger partial charge is 0.493 e. The Morgan fingerprint density at radius 1 is 1.19 bits per heavy atom. The summed E-state index contributed by atoms with van der Waals surface area (Å²) in [6.07, 6.45) is 7.28. The first kappa shape index (κ1) is 21.7. The number of pyridine rings is 1. The molecule has 2 heterocycles. The van der Waals surface area contributed by atoms with Gasteiger partial charge in [0.15, 0.2) is 0 Å². The number of hydrogen-bond donors (Lipinski definition) is 3. The van der Waals surface area contributed by atoms with E-state index < -0.39 is 0 Å². The number of nitrogens with one attached hydrogen (secondary N) is 3. The minimum absolute atomic E-state index is 0.130. The Balaban J connectivity index is 1.61. The number of H-pyrrole nitrogens is 1. The summed E-state index contributed by atoms with van der Waals surface area (Å²) in [5.74, 6) is 1.55. The molecule has 1 aromatic carbocycles. The summed E-state index contributed by atoms with van der Waals surface area (Å²) in [7, 11) is 0. The lowest BCUT2D eigenvalue weighted by atomic mass is 9.87. The van der Waals surface area contributed by atoms with Crippen molar-refractivity contribution < 1.29 is 9.53 Å². The lowest BCUT2D eigenvalue weighted by Crippen LogP contribution is -2.37. The van der Waals surface area contributed by atoms with Crippen LogP contribution >= 0.6 is 23.2 Å². The van der Waals surface area contributed by atoms with Gasteiger partial charge < -0.3 is 20.4 Å². The van der Waals surface area contributed by atoms with Crippen molar-refractivity contribution in [2.45, 2.75) is 45.6 Å². The molecule has 1 amide bonds. The molecule has 3 N–H and O–H groups in total. The van der Waals surface area contributed by atoms with E-state index in [1.54, 1.807) is 12.1 Å². The van der Waals surface area contributed by atoms with E-state index >= 15 is 0 Å². The van der Waals surface area contributed by atoms with E-state index in [-0.39, 0.29) is 11.9 Å². The molecule has 9 heteroatoms. The van der Waals surface area contributed by atoms with Crippen molar-refractivity contribution in [2.24, 2.45) is 5.92 Å². The van der Waals surface area contributed by atoms with Crippen LogP contribution in [0.1, 0.15) is 49.9 Å². The van der Waals surface area contributed by atoms with E-state index in [1.165, 1.54) is 12.4 Å². The summed E-state index contributed by atoms with van der Waals surface area (Å²) < 4.78 is 5.75. The van der Waals surface area contributed by atoms with Crippen molar-refractivity contribution in [1.82, 2.24) is 20.3 Å². The fourth-order valence-electron chi connectivity index (χ4n) is 3.87. The van der Waals surface area contributed by atoms with Gasteiger partial charge in [0.25, 0.3) is 5.91 Å². The third-order valence-corrected chi connectivity index (χ3v) is 6.15. The predicted octanol–water partition coefficient (Wildman–Crippen LogP) is 5.72. The number of imidazole rings is 1. The number of ether oxygens (including phenoxy) is 1. The first-order valence-corrected chi connectivity index (χ1v) is 11.2. The summed E-state index contributed by atoms with van der Waals surface area (Å²) in [6, 6.07) is 3.74. The van der Waals surface area contributed by atoms with Crippen LogP contribution in [0.25, 0.3) is 11.0 Å². The molecule has 0 atom stereocenters. The molecule has 0 bridgehead atoms. The molecule has 4 rings (SSSR count). The third kappa shape index (κ3) is 4.88. The van der Waals surface area contributed by atoms with Crippen LogP contribution < -0.4 is 15.4 Å². The fourth-order valence-corrected chi connectivity index (χ4v) is 4.33. The highest BCUT2D eigenvalue weighted by molar-refractivity contribution is 6.39. The smallest absolute Gasteiger partial charge is 0.255 e. The van der Waals surface area contributed by atoms with Gasteiger partial charge in [0.2, 0.25) is 5.95 Å². The zero-order valence-corrected chi connectivity index (χ0v) is 19.0. The molecule has 0 unspecified atom stereocenters. The molecule has 1 aliphatic rings. The van der Waals surface area contributed by atoms with Crippen LogP contribution in [0, 0.1) is 5.92 Å². The second-order valence-electron chi connectivity index (χ2n) is 7.92. The summed E-state index contributed by atoms with van der Waals surface area (Å²) >= 11 is 12.4. The molecule has 0 spiro atoms. The molecule has 0 saturated heterocycles. The zero-order chi connectivity index (χ0) is 22.0. The molecule has 7 nitrogen and oxygen atoms in total. The number of halogens is 2. The van der Waals surface area contributed by atoms with Crippen LogP contribution in [-0.4, -0.2) is 33.5 Å². The molecule has 3 aromatic rings. The summed E-state index contributed by atoms with van der Waals surface area (Å²) in [5.41, 5.74) is 2.36. The Morgan fingerprint density at radius 2 is 1.90 bits per heavy atom. The van der Waals surface area contributed by atoms with Crippen molar-refractivity contribution in [1.29, 1.82) is 0 Å². The predicted molar refractivity (Wildman–Crippen MR) is 124 cm³/mol. The van der Waals surface area contributed by atoms with Crippen LogP contribution in [0.15, 0.2) is 24.5 Å². The molecular formula is C22H25Cl2N5O2. The Morgan fingerprint density at radius 3 is 2.58 bits per heavy atom. The SMILES string of the molecule is CCOc1cc2nc(Nc3c(Cl)cncc3Cl)[nH]c2cc1C(=O)NC1CCC(C)CC1. The van der Waals surface area contributed by atoms with E-state index in [9.17, 15) is 4.79 Å². The van der Waals surface area contributed by atoms with Gasteiger partial charge in [0, 0.05) is 24.5 Å². The highest BCUT2D eigenvalue weighted by atomic mass is 35.5. The fraction of sp³-hybridized carbons (Fsp3) is 0.409. The van der Waals surface area contributed by atoms with Gasteiger partial charge >= 0.3 is 0 Å². The molecule has 1 fully saturated rings.